The normalized spacial score (nSPS) is 11.1. The fraction of sp³-hybridized carbons (Fsp3) is 0.0435. The third-order valence-electron chi connectivity index (χ3n) is 4.72. The lowest BCUT2D eigenvalue weighted by molar-refractivity contribution is 0.0698. The minimum absolute atomic E-state index is 0.0777. The number of hydrogen-bond donors (Lipinski definition) is 2. The molecule has 2 heterocycles. The Kier molecular flexibility index (Phi) is 5.09. The standard InChI is InChI=1S/C23H18N4O3/c1-15-20(14-25-21-5-3-2-4-19(21)23(29)30)22(28)27(26-15)18-8-6-16(7-9-18)17-10-12-24-13-11-17/h2-14,26H,1H3,(H,29,30). The largest absolute Gasteiger partial charge is 0.478 e. The Morgan fingerprint density at radius 2 is 1.70 bits per heavy atom. The second-order valence-corrected chi connectivity index (χ2v) is 6.65. The van der Waals surface area contributed by atoms with Gasteiger partial charge in [-0.25, -0.2) is 9.48 Å². The lowest BCUT2D eigenvalue weighted by Crippen LogP contribution is -2.17. The predicted octanol–water partition coefficient (Wildman–Crippen LogP) is 3.98. The first kappa shape index (κ1) is 19.1. The van der Waals surface area contributed by atoms with Crippen molar-refractivity contribution in [1.29, 1.82) is 0 Å². The second-order valence-electron chi connectivity index (χ2n) is 6.65. The molecule has 0 aliphatic rings. The zero-order valence-electron chi connectivity index (χ0n) is 16.1. The first-order valence-electron chi connectivity index (χ1n) is 9.23. The molecule has 0 fully saturated rings. The van der Waals surface area contributed by atoms with Gasteiger partial charge >= 0.3 is 5.97 Å². The van der Waals surface area contributed by atoms with Crippen molar-refractivity contribution in [2.75, 3.05) is 0 Å². The fourth-order valence-corrected chi connectivity index (χ4v) is 3.14. The van der Waals surface area contributed by atoms with Gasteiger partial charge in [-0.2, -0.15) is 0 Å². The zero-order valence-corrected chi connectivity index (χ0v) is 16.1. The van der Waals surface area contributed by atoms with E-state index in [1.165, 1.54) is 17.0 Å². The molecule has 7 heteroatoms. The molecule has 2 aromatic heterocycles. The summed E-state index contributed by atoms with van der Waals surface area (Å²) in [5, 5.41) is 12.3. The van der Waals surface area contributed by atoms with E-state index in [9.17, 15) is 14.7 Å². The van der Waals surface area contributed by atoms with Crippen LogP contribution in [0.5, 0.6) is 0 Å². The van der Waals surface area contributed by atoms with Crippen molar-refractivity contribution in [3.63, 3.8) is 0 Å². The van der Waals surface area contributed by atoms with Gasteiger partial charge in [-0.3, -0.25) is 19.9 Å². The number of nitrogens with one attached hydrogen (secondary N) is 1. The number of para-hydroxylation sites is 1. The second kappa shape index (κ2) is 8.00. The number of aromatic nitrogens is 3. The van der Waals surface area contributed by atoms with Crippen LogP contribution in [-0.2, 0) is 0 Å². The van der Waals surface area contributed by atoms with Crippen molar-refractivity contribution in [3.05, 3.63) is 100 Å². The molecule has 4 rings (SSSR count). The molecule has 0 saturated heterocycles. The summed E-state index contributed by atoms with van der Waals surface area (Å²) < 4.78 is 1.44. The number of carboxylic acids is 1. The Hall–Kier alpha value is -4.26. The van der Waals surface area contributed by atoms with Gasteiger partial charge in [0.05, 0.1) is 22.5 Å². The molecule has 2 aromatic carbocycles. The molecule has 4 aromatic rings. The van der Waals surface area contributed by atoms with Crippen LogP contribution in [0.2, 0.25) is 0 Å². The number of H-pyrrole nitrogens is 1. The maximum absolute atomic E-state index is 12.9. The minimum Gasteiger partial charge on any atom is -0.478 e. The molecular formula is C23H18N4O3. The van der Waals surface area contributed by atoms with Crippen LogP contribution in [0.25, 0.3) is 16.8 Å². The fourth-order valence-electron chi connectivity index (χ4n) is 3.14. The molecule has 0 aliphatic carbocycles. The van der Waals surface area contributed by atoms with Crippen molar-refractivity contribution in [2.24, 2.45) is 4.99 Å². The van der Waals surface area contributed by atoms with Gasteiger partial charge < -0.3 is 5.11 Å². The zero-order chi connectivity index (χ0) is 21.1. The van der Waals surface area contributed by atoms with Crippen LogP contribution in [-0.4, -0.2) is 32.1 Å². The molecule has 0 aliphatic heterocycles. The van der Waals surface area contributed by atoms with Crippen LogP contribution < -0.4 is 5.56 Å². The van der Waals surface area contributed by atoms with Crippen LogP contribution in [0.3, 0.4) is 0 Å². The molecule has 7 nitrogen and oxygen atoms in total. The lowest BCUT2D eigenvalue weighted by atomic mass is 10.1. The van der Waals surface area contributed by atoms with E-state index < -0.39 is 5.97 Å². The number of carbonyl (C=O) groups is 1. The number of aliphatic imine (C=N–C) groups is 1. The topological polar surface area (TPSA) is 100 Å². The van der Waals surface area contributed by atoms with Gasteiger partial charge in [-0.1, -0.05) is 24.3 Å². The maximum atomic E-state index is 12.9. The quantitative estimate of drug-likeness (QED) is 0.497. The van der Waals surface area contributed by atoms with Crippen LogP contribution in [0.4, 0.5) is 5.69 Å². The smallest absolute Gasteiger partial charge is 0.337 e. The van der Waals surface area contributed by atoms with E-state index >= 15 is 0 Å². The number of aryl methyl sites for hydroxylation is 1. The van der Waals surface area contributed by atoms with Gasteiger partial charge in [-0.15, -0.1) is 0 Å². The number of aromatic carboxylic acids is 1. The highest BCUT2D eigenvalue weighted by Gasteiger charge is 2.12. The Morgan fingerprint density at radius 3 is 2.40 bits per heavy atom. The summed E-state index contributed by atoms with van der Waals surface area (Å²) >= 11 is 0. The first-order chi connectivity index (χ1) is 14.5. The number of nitrogens with zero attached hydrogens (tertiary/aromatic N) is 3. The van der Waals surface area contributed by atoms with Crippen molar-refractivity contribution in [2.45, 2.75) is 6.92 Å². The highest BCUT2D eigenvalue weighted by atomic mass is 16.4. The average molecular weight is 398 g/mol. The molecule has 0 radical (unpaired) electrons. The maximum Gasteiger partial charge on any atom is 0.337 e. The molecule has 0 amide bonds. The van der Waals surface area contributed by atoms with Crippen LogP contribution in [0.15, 0.2) is 82.8 Å². The summed E-state index contributed by atoms with van der Waals surface area (Å²) in [7, 11) is 0. The van der Waals surface area contributed by atoms with Crippen molar-refractivity contribution in [3.8, 4) is 16.8 Å². The number of aromatic amines is 1. The van der Waals surface area contributed by atoms with E-state index in [0.29, 0.717) is 22.6 Å². The molecule has 30 heavy (non-hydrogen) atoms. The predicted molar refractivity (Wildman–Crippen MR) is 115 cm³/mol. The summed E-state index contributed by atoms with van der Waals surface area (Å²) in [6.07, 6.45) is 4.87. The van der Waals surface area contributed by atoms with Gasteiger partial charge in [0.15, 0.2) is 0 Å². The van der Waals surface area contributed by atoms with Gasteiger partial charge in [0.2, 0.25) is 0 Å². The van der Waals surface area contributed by atoms with Crippen LogP contribution >= 0.6 is 0 Å². The Balaban J connectivity index is 1.66. The van der Waals surface area contributed by atoms with E-state index in [2.05, 4.69) is 15.1 Å². The molecule has 148 valence electrons. The van der Waals surface area contributed by atoms with E-state index in [4.69, 9.17) is 0 Å². The molecule has 0 unspecified atom stereocenters. The summed E-state index contributed by atoms with van der Waals surface area (Å²) in [5.74, 6) is -1.07. The Morgan fingerprint density at radius 1 is 1.03 bits per heavy atom. The number of rotatable bonds is 5. The van der Waals surface area contributed by atoms with Gasteiger partial charge in [-0.05, 0) is 54.4 Å². The lowest BCUT2D eigenvalue weighted by Gasteiger charge is -2.04. The summed E-state index contributed by atoms with van der Waals surface area (Å²) in [4.78, 5) is 32.5. The van der Waals surface area contributed by atoms with Crippen molar-refractivity contribution < 1.29 is 9.90 Å². The molecular weight excluding hydrogens is 380 g/mol. The monoisotopic (exact) mass is 398 g/mol. The highest BCUT2D eigenvalue weighted by Crippen LogP contribution is 2.20. The van der Waals surface area contributed by atoms with Crippen molar-refractivity contribution >= 4 is 17.9 Å². The SMILES string of the molecule is Cc1[nH]n(-c2ccc(-c3ccncc3)cc2)c(=O)c1C=Nc1ccccc1C(=O)O. The number of pyridine rings is 1. The van der Waals surface area contributed by atoms with Gasteiger partial charge in [0.25, 0.3) is 5.56 Å². The van der Waals surface area contributed by atoms with Gasteiger partial charge in [0, 0.05) is 24.3 Å². The van der Waals surface area contributed by atoms with Crippen LogP contribution in [0, 0.1) is 6.92 Å². The molecule has 0 bridgehead atoms. The third-order valence-corrected chi connectivity index (χ3v) is 4.72. The summed E-state index contributed by atoms with van der Waals surface area (Å²) in [6, 6.07) is 17.8. The molecule has 0 saturated carbocycles. The first-order valence-corrected chi connectivity index (χ1v) is 9.23. The Labute approximate surface area is 172 Å². The summed E-state index contributed by atoms with van der Waals surface area (Å²) in [6.45, 7) is 1.77. The number of benzene rings is 2. The average Bonchev–Trinajstić information content (AvgIpc) is 3.06. The number of hydrogen-bond acceptors (Lipinski definition) is 4. The molecule has 0 atom stereocenters. The molecule has 2 N–H and O–H groups in total. The van der Waals surface area contributed by atoms with Gasteiger partial charge in [0.1, 0.15) is 0 Å². The van der Waals surface area contributed by atoms with E-state index in [-0.39, 0.29) is 11.1 Å². The molecule has 0 spiro atoms. The minimum atomic E-state index is -1.07. The third kappa shape index (κ3) is 3.68. The number of carboxylic acid groups (broad SMARTS) is 1. The van der Waals surface area contributed by atoms with Crippen molar-refractivity contribution in [1.82, 2.24) is 14.8 Å². The van der Waals surface area contributed by atoms with E-state index in [1.54, 1.807) is 37.5 Å². The van der Waals surface area contributed by atoms with Crippen LogP contribution in [0.1, 0.15) is 21.6 Å². The highest BCUT2D eigenvalue weighted by molar-refractivity contribution is 5.95. The van der Waals surface area contributed by atoms with E-state index in [0.717, 1.165) is 11.1 Å². The Bertz CT molecular complexity index is 1290. The van der Waals surface area contributed by atoms with E-state index in [1.807, 2.05) is 36.4 Å². The summed E-state index contributed by atoms with van der Waals surface area (Å²) in [5.41, 5.74) is 3.85.